The lowest BCUT2D eigenvalue weighted by atomic mass is 9.93. The summed E-state index contributed by atoms with van der Waals surface area (Å²) in [7, 11) is -3.77. The molecule has 162 valence electrons. The molecule has 9 nitrogen and oxygen atoms in total. The fourth-order valence-electron chi connectivity index (χ4n) is 3.07. The van der Waals surface area contributed by atoms with Gasteiger partial charge in [-0.15, -0.1) is 0 Å². The highest BCUT2D eigenvalue weighted by Gasteiger charge is 2.29. The van der Waals surface area contributed by atoms with Crippen LogP contribution in [0.25, 0.3) is 0 Å². The average molecular weight is 435 g/mol. The number of carbonyl (C=O) groups excluding carboxylic acids is 2. The van der Waals surface area contributed by atoms with Crippen molar-refractivity contribution in [2.75, 3.05) is 31.5 Å². The fraction of sp³-hybridized carbons (Fsp3) is 0.450. The standard InChI is InChI=1S/C20H26N4O5S/c1-14(25)23-8-10-24(11-9-23)30(27,28)16-7-5-6-15(12-16)19(26)21-18-13-17(29-22-18)20(2,3)4/h5-7,12-13H,8-11H2,1-4H3,(H,21,22,26). The molecule has 2 amide bonds. The van der Waals surface area contributed by atoms with Gasteiger partial charge in [-0.05, 0) is 18.2 Å². The van der Waals surface area contributed by atoms with Crippen LogP contribution in [0.4, 0.5) is 5.82 Å². The Morgan fingerprint density at radius 2 is 1.77 bits per heavy atom. The zero-order valence-corrected chi connectivity index (χ0v) is 18.3. The molecule has 0 atom stereocenters. The fourth-order valence-corrected chi connectivity index (χ4v) is 4.53. The molecule has 0 saturated carbocycles. The molecule has 0 bridgehead atoms. The van der Waals surface area contributed by atoms with E-state index in [2.05, 4.69) is 10.5 Å². The van der Waals surface area contributed by atoms with E-state index in [1.165, 1.54) is 35.5 Å². The number of nitrogens with zero attached hydrogens (tertiary/aromatic N) is 3. The van der Waals surface area contributed by atoms with Gasteiger partial charge in [-0.25, -0.2) is 8.42 Å². The summed E-state index contributed by atoms with van der Waals surface area (Å²) in [5.74, 6) is 0.327. The highest BCUT2D eigenvalue weighted by atomic mass is 32.2. The maximum Gasteiger partial charge on any atom is 0.256 e. The molecule has 1 aromatic heterocycles. The SMILES string of the molecule is CC(=O)N1CCN(S(=O)(=O)c2cccc(C(=O)Nc3cc(C(C)(C)C)on3)c2)CC1. The van der Waals surface area contributed by atoms with Gasteiger partial charge in [0.05, 0.1) is 4.90 Å². The lowest BCUT2D eigenvalue weighted by Crippen LogP contribution is -2.49. The minimum atomic E-state index is -3.77. The molecule has 1 aromatic carbocycles. The summed E-state index contributed by atoms with van der Waals surface area (Å²) in [6, 6.07) is 7.50. The number of piperazine rings is 1. The first-order valence-corrected chi connectivity index (χ1v) is 11.1. The maximum absolute atomic E-state index is 13.0. The van der Waals surface area contributed by atoms with Gasteiger partial charge < -0.3 is 14.7 Å². The normalized spacial score (nSPS) is 15.8. The first kappa shape index (κ1) is 22.0. The summed E-state index contributed by atoms with van der Waals surface area (Å²) >= 11 is 0. The molecular weight excluding hydrogens is 408 g/mol. The van der Waals surface area contributed by atoms with E-state index in [4.69, 9.17) is 4.52 Å². The Hall–Kier alpha value is -2.72. The van der Waals surface area contributed by atoms with Crippen molar-refractivity contribution >= 4 is 27.7 Å². The van der Waals surface area contributed by atoms with E-state index in [1.807, 2.05) is 20.8 Å². The van der Waals surface area contributed by atoms with Crippen molar-refractivity contribution in [1.82, 2.24) is 14.4 Å². The summed E-state index contributed by atoms with van der Waals surface area (Å²) in [5, 5.41) is 6.48. The number of anilines is 1. The molecule has 0 radical (unpaired) electrons. The Labute approximate surface area is 176 Å². The molecule has 1 aliphatic heterocycles. The molecule has 3 rings (SSSR count). The monoisotopic (exact) mass is 434 g/mol. The zero-order valence-electron chi connectivity index (χ0n) is 17.5. The second-order valence-electron chi connectivity index (χ2n) is 8.22. The van der Waals surface area contributed by atoms with Crippen molar-refractivity contribution in [3.8, 4) is 0 Å². The van der Waals surface area contributed by atoms with Crippen LogP contribution in [-0.2, 0) is 20.2 Å². The highest BCUT2D eigenvalue weighted by Crippen LogP contribution is 2.25. The number of benzene rings is 1. The average Bonchev–Trinajstić information content (AvgIpc) is 3.17. The van der Waals surface area contributed by atoms with Crippen LogP contribution in [0.1, 0.15) is 43.8 Å². The van der Waals surface area contributed by atoms with Gasteiger partial charge in [0.15, 0.2) is 5.82 Å². The lowest BCUT2D eigenvalue weighted by molar-refractivity contribution is -0.129. The maximum atomic E-state index is 13.0. The van der Waals surface area contributed by atoms with E-state index >= 15 is 0 Å². The molecule has 0 unspecified atom stereocenters. The van der Waals surface area contributed by atoms with Crippen LogP contribution in [0.15, 0.2) is 39.8 Å². The molecule has 30 heavy (non-hydrogen) atoms. The first-order chi connectivity index (χ1) is 14.0. The van der Waals surface area contributed by atoms with Crippen LogP contribution in [0, 0.1) is 0 Å². The molecule has 1 saturated heterocycles. The van der Waals surface area contributed by atoms with Crippen molar-refractivity contribution in [2.45, 2.75) is 38.0 Å². The van der Waals surface area contributed by atoms with Crippen LogP contribution in [0.5, 0.6) is 0 Å². The number of aromatic nitrogens is 1. The number of hydrogen-bond acceptors (Lipinski definition) is 6. The third kappa shape index (κ3) is 4.71. The number of nitrogens with one attached hydrogen (secondary N) is 1. The zero-order chi connectivity index (χ0) is 22.1. The van der Waals surface area contributed by atoms with Gasteiger partial charge in [0.1, 0.15) is 5.76 Å². The smallest absolute Gasteiger partial charge is 0.256 e. The summed E-state index contributed by atoms with van der Waals surface area (Å²) < 4.78 is 32.5. The molecule has 0 aliphatic carbocycles. The summed E-state index contributed by atoms with van der Waals surface area (Å²) in [6.07, 6.45) is 0. The third-order valence-electron chi connectivity index (χ3n) is 4.91. The van der Waals surface area contributed by atoms with Gasteiger partial charge in [0.2, 0.25) is 15.9 Å². The molecular formula is C20H26N4O5S. The molecule has 1 aliphatic rings. The third-order valence-corrected chi connectivity index (χ3v) is 6.80. The minimum Gasteiger partial charge on any atom is -0.359 e. The van der Waals surface area contributed by atoms with E-state index in [9.17, 15) is 18.0 Å². The van der Waals surface area contributed by atoms with Crippen LogP contribution < -0.4 is 5.32 Å². The quantitative estimate of drug-likeness (QED) is 0.788. The van der Waals surface area contributed by atoms with Crippen LogP contribution >= 0.6 is 0 Å². The van der Waals surface area contributed by atoms with Crippen molar-refractivity contribution < 1.29 is 22.5 Å². The number of carbonyl (C=O) groups is 2. The minimum absolute atomic E-state index is 0.0296. The summed E-state index contributed by atoms with van der Waals surface area (Å²) in [6.45, 7) is 8.47. The van der Waals surface area contributed by atoms with Crippen LogP contribution in [-0.4, -0.2) is 60.8 Å². The molecule has 1 fully saturated rings. The molecule has 0 spiro atoms. The topological polar surface area (TPSA) is 113 Å². The van der Waals surface area contributed by atoms with Crippen molar-refractivity contribution in [2.24, 2.45) is 0 Å². The Morgan fingerprint density at radius 1 is 1.10 bits per heavy atom. The van der Waals surface area contributed by atoms with Gasteiger partial charge in [-0.3, -0.25) is 9.59 Å². The van der Waals surface area contributed by atoms with Crippen molar-refractivity contribution in [1.29, 1.82) is 0 Å². The molecule has 2 heterocycles. The van der Waals surface area contributed by atoms with E-state index in [1.54, 1.807) is 11.0 Å². The second kappa shape index (κ2) is 8.19. The van der Waals surface area contributed by atoms with Gasteiger partial charge in [0, 0.05) is 50.1 Å². The van der Waals surface area contributed by atoms with Crippen LogP contribution in [0.2, 0.25) is 0 Å². The number of amides is 2. The predicted molar refractivity (Wildman–Crippen MR) is 111 cm³/mol. The largest absolute Gasteiger partial charge is 0.359 e. The van der Waals surface area contributed by atoms with E-state index < -0.39 is 15.9 Å². The summed E-state index contributed by atoms with van der Waals surface area (Å²) in [5.41, 5.74) is -0.0603. The molecule has 1 N–H and O–H groups in total. The molecule has 2 aromatic rings. The van der Waals surface area contributed by atoms with E-state index in [-0.39, 0.29) is 40.7 Å². The summed E-state index contributed by atoms with van der Waals surface area (Å²) in [4.78, 5) is 25.7. The van der Waals surface area contributed by atoms with Gasteiger partial charge in [-0.1, -0.05) is 32.0 Å². The first-order valence-electron chi connectivity index (χ1n) is 9.63. The van der Waals surface area contributed by atoms with Gasteiger partial charge in [-0.2, -0.15) is 4.31 Å². The van der Waals surface area contributed by atoms with E-state index in [0.717, 1.165) is 0 Å². The van der Waals surface area contributed by atoms with Gasteiger partial charge in [0.25, 0.3) is 5.91 Å². The highest BCUT2D eigenvalue weighted by molar-refractivity contribution is 7.89. The number of hydrogen-bond donors (Lipinski definition) is 1. The Balaban J connectivity index is 1.74. The Kier molecular flexibility index (Phi) is 6.00. The number of sulfonamides is 1. The van der Waals surface area contributed by atoms with Gasteiger partial charge >= 0.3 is 0 Å². The lowest BCUT2D eigenvalue weighted by Gasteiger charge is -2.33. The van der Waals surface area contributed by atoms with Crippen molar-refractivity contribution in [3.05, 3.63) is 41.7 Å². The Morgan fingerprint density at radius 3 is 2.33 bits per heavy atom. The predicted octanol–water partition coefficient (Wildman–Crippen LogP) is 2.08. The number of rotatable bonds is 4. The Bertz CT molecular complexity index is 1050. The second-order valence-corrected chi connectivity index (χ2v) is 10.2. The molecule has 10 heteroatoms. The van der Waals surface area contributed by atoms with E-state index in [0.29, 0.717) is 18.8 Å². The van der Waals surface area contributed by atoms with Crippen molar-refractivity contribution in [3.63, 3.8) is 0 Å². The van der Waals surface area contributed by atoms with Crippen LogP contribution in [0.3, 0.4) is 0 Å².